The molecule has 1 amide bonds. The maximum atomic E-state index is 13.9. The van der Waals surface area contributed by atoms with Crippen LogP contribution in [0.4, 0.5) is 0 Å². The SMILES string of the molecule is Cc1cc(C)c(C)c(S(=O)(=O)N2Cc3ccccc3CC2C(=O)NC2CC2)c1C. The van der Waals surface area contributed by atoms with Gasteiger partial charge in [0.1, 0.15) is 6.04 Å². The maximum Gasteiger partial charge on any atom is 0.244 e. The third kappa shape index (κ3) is 3.60. The van der Waals surface area contributed by atoms with Crippen molar-refractivity contribution >= 4 is 15.9 Å². The van der Waals surface area contributed by atoms with Crippen LogP contribution in [0.15, 0.2) is 35.2 Å². The zero-order valence-corrected chi connectivity index (χ0v) is 18.3. The Morgan fingerprint density at radius 1 is 1.00 bits per heavy atom. The van der Waals surface area contributed by atoms with Crippen LogP contribution in [-0.2, 0) is 27.8 Å². The number of nitrogens with one attached hydrogen (secondary N) is 1. The molecule has 2 aromatic carbocycles. The molecule has 1 heterocycles. The molecule has 154 valence electrons. The van der Waals surface area contributed by atoms with E-state index in [2.05, 4.69) is 5.32 Å². The van der Waals surface area contributed by atoms with Gasteiger partial charge in [0.05, 0.1) is 4.90 Å². The van der Waals surface area contributed by atoms with Gasteiger partial charge in [-0.2, -0.15) is 4.31 Å². The molecule has 0 radical (unpaired) electrons. The predicted molar refractivity (Wildman–Crippen MR) is 113 cm³/mol. The van der Waals surface area contributed by atoms with Gasteiger partial charge in [-0.15, -0.1) is 0 Å². The molecular formula is C23H28N2O3S. The van der Waals surface area contributed by atoms with Gasteiger partial charge in [0.2, 0.25) is 15.9 Å². The molecule has 0 saturated heterocycles. The van der Waals surface area contributed by atoms with Gasteiger partial charge in [0, 0.05) is 12.6 Å². The van der Waals surface area contributed by atoms with Crippen LogP contribution in [0.3, 0.4) is 0 Å². The van der Waals surface area contributed by atoms with E-state index in [4.69, 9.17) is 0 Å². The fourth-order valence-electron chi connectivity index (χ4n) is 4.18. The Morgan fingerprint density at radius 3 is 2.17 bits per heavy atom. The van der Waals surface area contributed by atoms with Crippen molar-refractivity contribution < 1.29 is 13.2 Å². The molecule has 1 aliphatic carbocycles. The summed E-state index contributed by atoms with van der Waals surface area (Å²) in [5.41, 5.74) is 5.42. The highest BCUT2D eigenvalue weighted by Crippen LogP contribution is 2.34. The Morgan fingerprint density at radius 2 is 1.59 bits per heavy atom. The molecule has 0 bridgehead atoms. The number of carbonyl (C=O) groups excluding carboxylic acids is 1. The van der Waals surface area contributed by atoms with Crippen molar-refractivity contribution in [1.82, 2.24) is 9.62 Å². The summed E-state index contributed by atoms with van der Waals surface area (Å²) in [6.07, 6.45) is 2.34. The number of aryl methyl sites for hydroxylation is 2. The van der Waals surface area contributed by atoms with Crippen molar-refractivity contribution in [2.24, 2.45) is 0 Å². The van der Waals surface area contributed by atoms with Crippen LogP contribution in [0.5, 0.6) is 0 Å². The second kappa shape index (κ2) is 7.26. The van der Waals surface area contributed by atoms with Gasteiger partial charge in [-0.3, -0.25) is 4.79 Å². The van der Waals surface area contributed by atoms with E-state index in [0.29, 0.717) is 11.3 Å². The van der Waals surface area contributed by atoms with Crippen molar-refractivity contribution in [2.75, 3.05) is 0 Å². The lowest BCUT2D eigenvalue weighted by atomic mass is 9.95. The first kappa shape index (κ1) is 20.1. The Balaban J connectivity index is 1.82. The Kier molecular flexibility index (Phi) is 5.03. The first-order chi connectivity index (χ1) is 13.7. The van der Waals surface area contributed by atoms with E-state index < -0.39 is 16.1 Å². The zero-order valence-electron chi connectivity index (χ0n) is 17.5. The van der Waals surface area contributed by atoms with Crippen molar-refractivity contribution in [1.29, 1.82) is 0 Å². The second-order valence-electron chi connectivity index (χ2n) is 8.41. The molecule has 1 unspecified atom stereocenters. The van der Waals surface area contributed by atoms with Gasteiger partial charge >= 0.3 is 0 Å². The molecule has 0 aromatic heterocycles. The van der Waals surface area contributed by atoms with E-state index in [1.165, 1.54) is 4.31 Å². The minimum absolute atomic E-state index is 0.189. The Bertz CT molecular complexity index is 1060. The molecule has 2 aromatic rings. The van der Waals surface area contributed by atoms with E-state index in [0.717, 1.165) is 46.2 Å². The highest BCUT2D eigenvalue weighted by atomic mass is 32.2. The van der Waals surface area contributed by atoms with Crippen molar-refractivity contribution in [3.05, 3.63) is 63.7 Å². The maximum absolute atomic E-state index is 13.9. The molecule has 5 nitrogen and oxygen atoms in total. The topological polar surface area (TPSA) is 66.5 Å². The van der Waals surface area contributed by atoms with Crippen LogP contribution in [0, 0.1) is 27.7 Å². The second-order valence-corrected chi connectivity index (χ2v) is 10.2. The normalized spacial score (nSPS) is 19.7. The monoisotopic (exact) mass is 412 g/mol. The molecule has 0 spiro atoms. The highest BCUT2D eigenvalue weighted by Gasteiger charge is 2.42. The molecule has 4 rings (SSSR count). The zero-order chi connectivity index (χ0) is 20.9. The van der Waals surface area contributed by atoms with Gasteiger partial charge in [0.25, 0.3) is 0 Å². The van der Waals surface area contributed by atoms with Gasteiger partial charge in [-0.05, 0) is 80.3 Å². The van der Waals surface area contributed by atoms with Crippen molar-refractivity contribution in [2.45, 2.75) is 70.5 Å². The molecule has 2 aliphatic rings. The fraction of sp³-hybridized carbons (Fsp3) is 0.435. The quantitative estimate of drug-likeness (QED) is 0.838. The molecule has 1 saturated carbocycles. The molecule has 1 fully saturated rings. The standard InChI is InChI=1S/C23H28N2O3S/c1-14-11-15(2)17(4)22(16(14)3)29(27,28)25-13-19-8-6-5-7-18(19)12-21(25)23(26)24-20-9-10-20/h5-8,11,20-21H,9-10,12-13H2,1-4H3,(H,24,26). The lowest BCUT2D eigenvalue weighted by Gasteiger charge is -2.36. The molecule has 1 N–H and O–H groups in total. The Labute approximate surface area is 173 Å². The van der Waals surface area contributed by atoms with Gasteiger partial charge in [-0.25, -0.2) is 8.42 Å². The number of rotatable bonds is 4. The molecule has 1 atom stereocenters. The summed E-state index contributed by atoms with van der Waals surface area (Å²) in [6.45, 7) is 7.79. The minimum atomic E-state index is -3.85. The lowest BCUT2D eigenvalue weighted by molar-refractivity contribution is -0.125. The molecule has 29 heavy (non-hydrogen) atoms. The summed E-state index contributed by atoms with van der Waals surface area (Å²) < 4.78 is 29.2. The third-order valence-corrected chi connectivity index (χ3v) is 8.43. The number of sulfonamides is 1. The van der Waals surface area contributed by atoms with Crippen LogP contribution in [0.2, 0.25) is 0 Å². The number of carbonyl (C=O) groups is 1. The van der Waals surface area contributed by atoms with Crippen molar-refractivity contribution in [3.63, 3.8) is 0 Å². The summed E-state index contributed by atoms with van der Waals surface area (Å²) in [5, 5.41) is 3.01. The van der Waals surface area contributed by atoms with Gasteiger partial charge < -0.3 is 5.32 Å². The van der Waals surface area contributed by atoms with Crippen LogP contribution in [0.1, 0.15) is 46.2 Å². The predicted octanol–water partition coefficient (Wildman–Crippen LogP) is 3.31. The number of benzene rings is 2. The highest BCUT2D eigenvalue weighted by molar-refractivity contribution is 7.89. The Hall–Kier alpha value is -2.18. The molecule has 6 heteroatoms. The molecule has 1 aliphatic heterocycles. The average molecular weight is 413 g/mol. The first-order valence-electron chi connectivity index (χ1n) is 10.2. The van der Waals surface area contributed by atoms with Gasteiger partial charge in [0.15, 0.2) is 0 Å². The summed E-state index contributed by atoms with van der Waals surface area (Å²) >= 11 is 0. The summed E-state index contributed by atoms with van der Waals surface area (Å²) in [6, 6.07) is 9.28. The van der Waals surface area contributed by atoms with Crippen LogP contribution >= 0.6 is 0 Å². The van der Waals surface area contributed by atoms with Crippen LogP contribution < -0.4 is 5.32 Å². The number of nitrogens with zero attached hydrogens (tertiary/aromatic N) is 1. The summed E-state index contributed by atoms with van der Waals surface area (Å²) in [5.74, 6) is -0.190. The van der Waals surface area contributed by atoms with Crippen LogP contribution in [-0.4, -0.2) is 30.7 Å². The number of amides is 1. The van der Waals surface area contributed by atoms with Gasteiger partial charge in [-0.1, -0.05) is 30.3 Å². The number of fused-ring (bicyclic) bond motifs is 1. The van der Waals surface area contributed by atoms with E-state index in [1.54, 1.807) is 0 Å². The fourth-order valence-corrected chi connectivity index (χ4v) is 6.33. The van der Waals surface area contributed by atoms with E-state index in [-0.39, 0.29) is 18.5 Å². The van der Waals surface area contributed by atoms with E-state index >= 15 is 0 Å². The first-order valence-corrected chi connectivity index (χ1v) is 11.6. The van der Waals surface area contributed by atoms with Crippen LogP contribution in [0.25, 0.3) is 0 Å². The van der Waals surface area contributed by atoms with E-state index in [1.807, 2.05) is 58.0 Å². The smallest absolute Gasteiger partial charge is 0.244 e. The summed E-state index contributed by atoms with van der Waals surface area (Å²) in [4.78, 5) is 13.4. The number of hydrogen-bond acceptors (Lipinski definition) is 3. The van der Waals surface area contributed by atoms with E-state index in [9.17, 15) is 13.2 Å². The minimum Gasteiger partial charge on any atom is -0.352 e. The lowest BCUT2D eigenvalue weighted by Crippen LogP contribution is -2.53. The third-order valence-electron chi connectivity index (χ3n) is 6.30. The largest absolute Gasteiger partial charge is 0.352 e. The summed E-state index contributed by atoms with van der Waals surface area (Å²) in [7, 11) is -3.85. The number of hydrogen-bond donors (Lipinski definition) is 1. The van der Waals surface area contributed by atoms with Crippen molar-refractivity contribution in [3.8, 4) is 0 Å². The average Bonchev–Trinajstić information content (AvgIpc) is 3.49. The molecular weight excluding hydrogens is 384 g/mol.